The van der Waals surface area contributed by atoms with Crippen LogP contribution in [0.3, 0.4) is 0 Å². The van der Waals surface area contributed by atoms with Crippen LogP contribution in [0.15, 0.2) is 46.9 Å². The van der Waals surface area contributed by atoms with Crippen LogP contribution in [0.2, 0.25) is 5.02 Å². The van der Waals surface area contributed by atoms with Gasteiger partial charge in [-0.05, 0) is 70.9 Å². The zero-order chi connectivity index (χ0) is 15.8. The van der Waals surface area contributed by atoms with Crippen molar-refractivity contribution >= 4 is 27.5 Å². The molecule has 0 saturated heterocycles. The molecule has 0 amide bonds. The topological polar surface area (TPSA) is 9.23 Å². The number of hydrogen-bond donors (Lipinski definition) is 0. The van der Waals surface area contributed by atoms with E-state index in [0.29, 0.717) is 5.02 Å². The fourth-order valence-electron chi connectivity index (χ4n) is 2.37. The van der Waals surface area contributed by atoms with E-state index in [1.807, 2.05) is 18.2 Å². The number of rotatable bonds is 8. The molecule has 2 rings (SSSR count). The zero-order valence-corrected chi connectivity index (χ0v) is 15.3. The summed E-state index contributed by atoms with van der Waals surface area (Å²) in [5.41, 5.74) is 2.84. The van der Waals surface area contributed by atoms with Gasteiger partial charge in [-0.3, -0.25) is 0 Å². The number of hydrogen-bond acceptors (Lipinski definition) is 1. The van der Waals surface area contributed by atoms with E-state index in [9.17, 15) is 0 Å². The normalized spacial score (nSPS) is 10.7. The second-order valence-electron chi connectivity index (χ2n) is 5.45. The van der Waals surface area contributed by atoms with Crippen molar-refractivity contribution in [2.45, 2.75) is 39.0 Å². The predicted octanol–water partition coefficient (Wildman–Crippen LogP) is 6.46. The molecule has 0 unspecified atom stereocenters. The van der Waals surface area contributed by atoms with Gasteiger partial charge in [0, 0.05) is 5.02 Å². The summed E-state index contributed by atoms with van der Waals surface area (Å²) in [5.74, 6) is 0.855. The van der Waals surface area contributed by atoms with Gasteiger partial charge in [-0.25, -0.2) is 0 Å². The maximum Gasteiger partial charge on any atom is 0.133 e. The molecule has 2 aromatic rings. The second kappa shape index (κ2) is 9.22. The summed E-state index contributed by atoms with van der Waals surface area (Å²) in [6, 6.07) is 14.6. The van der Waals surface area contributed by atoms with Crippen LogP contribution >= 0.6 is 27.5 Å². The summed E-state index contributed by atoms with van der Waals surface area (Å²) in [7, 11) is 0. The van der Waals surface area contributed by atoms with Crippen LogP contribution in [0.5, 0.6) is 5.75 Å². The summed E-state index contributed by atoms with van der Waals surface area (Å²) >= 11 is 9.38. The molecule has 0 bridgehead atoms. The summed E-state index contributed by atoms with van der Waals surface area (Å²) < 4.78 is 6.68. The molecule has 0 fully saturated rings. The molecule has 118 valence electrons. The van der Waals surface area contributed by atoms with E-state index < -0.39 is 0 Å². The lowest BCUT2D eigenvalue weighted by Gasteiger charge is -2.08. The quantitative estimate of drug-likeness (QED) is 0.477. The summed E-state index contributed by atoms with van der Waals surface area (Å²) in [5, 5.41) is 0.714. The van der Waals surface area contributed by atoms with E-state index in [-0.39, 0.29) is 0 Å². The number of ether oxygens (including phenoxy) is 1. The molecule has 3 heteroatoms. The lowest BCUT2D eigenvalue weighted by atomic mass is 10.0. The first kappa shape index (κ1) is 17.4. The highest BCUT2D eigenvalue weighted by Gasteiger charge is 2.02. The molecular weight excluding hydrogens is 360 g/mol. The number of unbranched alkanes of at least 4 members (excludes halogenated alkanes) is 1. The third-order valence-corrected chi connectivity index (χ3v) is 4.43. The lowest BCUT2D eigenvalue weighted by molar-refractivity contribution is 0.305. The number of halogens is 2. The van der Waals surface area contributed by atoms with Gasteiger partial charge in [0.05, 0.1) is 11.1 Å². The minimum Gasteiger partial charge on any atom is -0.492 e. The van der Waals surface area contributed by atoms with Gasteiger partial charge >= 0.3 is 0 Å². The van der Waals surface area contributed by atoms with Crippen molar-refractivity contribution in [3.05, 3.63) is 63.1 Å². The molecule has 2 aromatic carbocycles. The van der Waals surface area contributed by atoms with E-state index in [2.05, 4.69) is 47.1 Å². The minimum absolute atomic E-state index is 0.714. The Morgan fingerprint density at radius 2 is 1.64 bits per heavy atom. The molecule has 0 radical (unpaired) electrons. The Morgan fingerprint density at radius 3 is 2.27 bits per heavy atom. The second-order valence-corrected chi connectivity index (χ2v) is 6.74. The monoisotopic (exact) mass is 380 g/mol. The Hall–Kier alpha value is -0.990. The number of benzene rings is 2. The van der Waals surface area contributed by atoms with E-state index in [1.54, 1.807) is 0 Å². The van der Waals surface area contributed by atoms with Crippen molar-refractivity contribution in [2.24, 2.45) is 0 Å². The Balaban J connectivity index is 1.68. The van der Waals surface area contributed by atoms with Gasteiger partial charge in [0.1, 0.15) is 5.75 Å². The molecule has 22 heavy (non-hydrogen) atoms. The van der Waals surface area contributed by atoms with Crippen LogP contribution in [-0.4, -0.2) is 6.61 Å². The first-order valence-corrected chi connectivity index (χ1v) is 9.02. The van der Waals surface area contributed by atoms with Crippen LogP contribution < -0.4 is 4.74 Å². The predicted molar refractivity (Wildman–Crippen MR) is 98.0 cm³/mol. The largest absolute Gasteiger partial charge is 0.492 e. The SMILES string of the molecule is CCCc1ccc(CCCCOc2ccc(Cl)cc2Br)cc1. The highest BCUT2D eigenvalue weighted by molar-refractivity contribution is 9.10. The average Bonchev–Trinajstić information content (AvgIpc) is 2.51. The van der Waals surface area contributed by atoms with Crippen molar-refractivity contribution in [3.8, 4) is 5.75 Å². The first-order chi connectivity index (χ1) is 10.7. The Morgan fingerprint density at radius 1 is 0.955 bits per heavy atom. The Bertz CT molecular complexity index is 580. The van der Waals surface area contributed by atoms with Crippen LogP contribution in [0.25, 0.3) is 0 Å². The molecule has 0 aliphatic heterocycles. The molecule has 0 atom stereocenters. The van der Waals surface area contributed by atoms with Crippen LogP contribution in [0.4, 0.5) is 0 Å². The smallest absolute Gasteiger partial charge is 0.133 e. The molecule has 0 N–H and O–H groups in total. The molecule has 0 aliphatic carbocycles. The summed E-state index contributed by atoms with van der Waals surface area (Å²) in [6.07, 6.45) is 5.67. The Labute approximate surface area is 146 Å². The summed E-state index contributed by atoms with van der Waals surface area (Å²) in [6.45, 7) is 2.95. The van der Waals surface area contributed by atoms with Crippen molar-refractivity contribution in [1.82, 2.24) is 0 Å². The minimum atomic E-state index is 0.714. The van der Waals surface area contributed by atoms with Gasteiger partial charge < -0.3 is 4.74 Å². The third kappa shape index (κ3) is 5.66. The van der Waals surface area contributed by atoms with Gasteiger partial charge in [0.15, 0.2) is 0 Å². The molecule has 0 aromatic heterocycles. The maximum absolute atomic E-state index is 5.91. The van der Waals surface area contributed by atoms with E-state index in [4.69, 9.17) is 16.3 Å². The lowest BCUT2D eigenvalue weighted by Crippen LogP contribution is -1.99. The molecule has 0 spiro atoms. The van der Waals surface area contributed by atoms with E-state index in [0.717, 1.165) is 36.1 Å². The van der Waals surface area contributed by atoms with Crippen molar-refractivity contribution in [2.75, 3.05) is 6.61 Å². The van der Waals surface area contributed by atoms with Crippen molar-refractivity contribution < 1.29 is 4.74 Å². The van der Waals surface area contributed by atoms with Gasteiger partial charge in [-0.1, -0.05) is 49.2 Å². The fraction of sp³-hybridized carbons (Fsp3) is 0.368. The number of aryl methyl sites for hydroxylation is 2. The average molecular weight is 382 g/mol. The van der Waals surface area contributed by atoms with Gasteiger partial charge in [0.2, 0.25) is 0 Å². The molecule has 1 nitrogen and oxygen atoms in total. The highest BCUT2D eigenvalue weighted by Crippen LogP contribution is 2.28. The molecular formula is C19H22BrClO. The van der Waals surface area contributed by atoms with E-state index in [1.165, 1.54) is 24.0 Å². The van der Waals surface area contributed by atoms with Crippen molar-refractivity contribution in [3.63, 3.8) is 0 Å². The van der Waals surface area contributed by atoms with Crippen LogP contribution in [-0.2, 0) is 12.8 Å². The molecule has 0 heterocycles. The van der Waals surface area contributed by atoms with Crippen LogP contribution in [0.1, 0.15) is 37.3 Å². The maximum atomic E-state index is 5.91. The van der Waals surface area contributed by atoms with Crippen LogP contribution in [0, 0.1) is 0 Å². The highest BCUT2D eigenvalue weighted by atomic mass is 79.9. The van der Waals surface area contributed by atoms with Crippen molar-refractivity contribution in [1.29, 1.82) is 0 Å². The Kier molecular flexibility index (Phi) is 7.28. The fourth-order valence-corrected chi connectivity index (χ4v) is 3.16. The molecule has 0 saturated carbocycles. The zero-order valence-electron chi connectivity index (χ0n) is 12.9. The standard InChI is InChI=1S/C19H22BrClO/c1-2-5-15-7-9-16(10-8-15)6-3-4-13-22-19-12-11-17(21)14-18(19)20/h7-12,14H,2-6,13H2,1H3. The van der Waals surface area contributed by atoms with Gasteiger partial charge in [-0.15, -0.1) is 0 Å². The van der Waals surface area contributed by atoms with Gasteiger partial charge in [-0.2, -0.15) is 0 Å². The van der Waals surface area contributed by atoms with Gasteiger partial charge in [0.25, 0.3) is 0 Å². The third-order valence-electron chi connectivity index (χ3n) is 3.57. The molecule has 0 aliphatic rings. The first-order valence-electron chi connectivity index (χ1n) is 7.84. The van der Waals surface area contributed by atoms with E-state index >= 15 is 0 Å². The summed E-state index contributed by atoms with van der Waals surface area (Å²) in [4.78, 5) is 0.